The predicted octanol–water partition coefficient (Wildman–Crippen LogP) is 0.318. The number of carbonyl (C=O) groups excluding carboxylic acids is 4. The number of aromatic hydroxyl groups is 2. The number of Topliss-reactive ketones (excluding diaryl/α,β-unsaturated/α-hetero) is 1. The number of aliphatic hydroxyl groups excluding tert-OH is 1. The van der Waals surface area contributed by atoms with E-state index in [1.54, 1.807) is 27.7 Å². The van der Waals surface area contributed by atoms with Crippen molar-refractivity contribution in [2.75, 3.05) is 14.1 Å². The van der Waals surface area contributed by atoms with Crippen LogP contribution < -0.4 is 10.0 Å². The summed E-state index contributed by atoms with van der Waals surface area (Å²) in [5.41, 5.74) is -3.24. The van der Waals surface area contributed by atoms with E-state index in [9.17, 15) is 44.7 Å². The van der Waals surface area contributed by atoms with Crippen molar-refractivity contribution < 1.29 is 78.0 Å². The molecule has 0 amide bonds. The summed E-state index contributed by atoms with van der Waals surface area (Å²) in [4.78, 5) is 53.1. The van der Waals surface area contributed by atoms with Crippen LogP contribution in [0, 0.1) is 0 Å². The van der Waals surface area contributed by atoms with Crippen molar-refractivity contribution in [3.63, 3.8) is 0 Å². The van der Waals surface area contributed by atoms with Crippen LogP contribution in [0.5, 0.6) is 11.5 Å². The van der Waals surface area contributed by atoms with Gasteiger partial charge in [-0.15, -0.1) is 0 Å². The molecule has 2 aromatic rings. The van der Waals surface area contributed by atoms with E-state index in [1.165, 1.54) is 24.3 Å². The van der Waals surface area contributed by atoms with Crippen LogP contribution in [-0.4, -0.2) is 125 Å². The first-order valence-corrected chi connectivity index (χ1v) is 19.6. The minimum atomic E-state index is -1.94. The minimum Gasteiger partial charge on any atom is -0.549 e. The van der Waals surface area contributed by atoms with Crippen molar-refractivity contribution in [3.05, 3.63) is 57.6 Å². The number of phenolic OH excluding ortho intramolecular Hbond substituents is 2. The SMILES string of the molecule is CC[C@@]1(O)C[C@H](O[C@H]2C[C@H]([NH+](C)C)[C@H](O[C@H]3C[C@H](O)[C@H](O[C@H]4CCC(=O)[C@H](C)O4)[C@H](C)O3)[C@H](C)O2)c2c(cc3c(c2O)C(=O)c2c(O)cccc2C3=O)[C@H]1C(=O)[O-]. The molecular weight excluding hydrogens is 746 g/mol. The van der Waals surface area contributed by atoms with Gasteiger partial charge in [0.1, 0.15) is 35.9 Å². The maximum Gasteiger partial charge on any atom is 0.201 e. The van der Waals surface area contributed by atoms with Gasteiger partial charge in [0.2, 0.25) is 5.78 Å². The summed E-state index contributed by atoms with van der Waals surface area (Å²) in [6.45, 7) is 6.83. The maximum absolute atomic E-state index is 13.8. The zero-order valence-corrected chi connectivity index (χ0v) is 32.8. The minimum absolute atomic E-state index is 0.000455. The molecule has 0 bridgehead atoms. The van der Waals surface area contributed by atoms with E-state index in [-0.39, 0.29) is 65.3 Å². The number of carboxylic acids is 1. The number of aliphatic carboxylic acids is 1. The number of ether oxygens (including phenoxy) is 6. The van der Waals surface area contributed by atoms with E-state index in [1.807, 2.05) is 14.1 Å². The largest absolute Gasteiger partial charge is 0.549 e. The molecule has 16 nitrogen and oxygen atoms in total. The molecule has 0 saturated carbocycles. The third-order valence-corrected chi connectivity index (χ3v) is 12.3. The molecule has 0 aromatic heterocycles. The Morgan fingerprint density at radius 2 is 1.58 bits per heavy atom. The summed E-state index contributed by atoms with van der Waals surface area (Å²) in [5, 5.41) is 58.1. The lowest BCUT2D eigenvalue weighted by Crippen LogP contribution is -3.12. The first-order valence-electron chi connectivity index (χ1n) is 19.6. The van der Waals surface area contributed by atoms with Gasteiger partial charge in [0.15, 0.2) is 30.4 Å². The number of benzene rings is 2. The monoisotopic (exact) mass is 797 g/mol. The summed E-state index contributed by atoms with van der Waals surface area (Å²) in [6, 6.07) is 4.92. The Balaban J connectivity index is 1.12. The maximum atomic E-state index is 13.8. The number of quaternary nitrogens is 1. The van der Waals surface area contributed by atoms with Crippen LogP contribution in [0.25, 0.3) is 0 Å². The van der Waals surface area contributed by atoms with Crippen molar-refractivity contribution in [1.29, 1.82) is 0 Å². The smallest absolute Gasteiger partial charge is 0.201 e. The Hall–Kier alpha value is -3.84. The lowest BCUT2D eigenvalue weighted by Gasteiger charge is -2.48. The predicted molar refractivity (Wildman–Crippen MR) is 193 cm³/mol. The van der Waals surface area contributed by atoms with Crippen molar-refractivity contribution in [3.8, 4) is 11.5 Å². The molecule has 3 heterocycles. The van der Waals surface area contributed by atoms with Gasteiger partial charge in [0.25, 0.3) is 0 Å². The molecule has 13 atom stereocenters. The summed E-state index contributed by atoms with van der Waals surface area (Å²) >= 11 is 0. The van der Waals surface area contributed by atoms with Crippen molar-refractivity contribution in [2.24, 2.45) is 0 Å². The zero-order chi connectivity index (χ0) is 41.2. The molecule has 16 heteroatoms. The van der Waals surface area contributed by atoms with Crippen LogP contribution in [-0.2, 0) is 38.0 Å². The standard InChI is InChI=1S/C41H51NO15/c1-7-41(51)16-27(32-21(34(41)40(49)50)13-22-33(37(32)48)36(47)31-20(35(22)46)9-8-10-25(31)44)55-29-14-23(42(5)6)38(18(3)53-29)57-30-15-26(45)39(19(4)54-30)56-28-12-11-24(43)17(2)52-28/h8-10,13,17-19,23,26-30,34,38-39,44-45,48,51H,7,11-12,14-16H2,1-6H3,(H,49,50)/t17-,18-,19-,23-,26-,27-,28-,29-,30-,34-,38+,39+,41+/m0/s1. The highest BCUT2D eigenvalue weighted by Crippen LogP contribution is 2.53. The second-order valence-corrected chi connectivity index (χ2v) is 16.2. The van der Waals surface area contributed by atoms with Gasteiger partial charge in [-0.25, -0.2) is 0 Å². The number of carbonyl (C=O) groups is 4. The number of hydrogen-bond acceptors (Lipinski definition) is 15. The summed E-state index contributed by atoms with van der Waals surface area (Å²) in [6.07, 6.45) is -7.03. The third-order valence-electron chi connectivity index (χ3n) is 12.3. The molecule has 7 rings (SSSR count). The highest BCUT2D eigenvalue weighted by Gasteiger charge is 2.52. The van der Waals surface area contributed by atoms with Gasteiger partial charge in [-0.2, -0.15) is 0 Å². The van der Waals surface area contributed by atoms with E-state index in [2.05, 4.69) is 0 Å². The first kappa shape index (κ1) is 41.3. The topological polar surface area (TPSA) is 232 Å². The lowest BCUT2D eigenvalue weighted by atomic mass is 9.67. The highest BCUT2D eigenvalue weighted by atomic mass is 16.7. The number of nitrogens with one attached hydrogen (secondary N) is 1. The third kappa shape index (κ3) is 7.40. The average molecular weight is 798 g/mol. The first-order chi connectivity index (χ1) is 26.9. The molecule has 0 unspecified atom stereocenters. The van der Waals surface area contributed by atoms with Gasteiger partial charge in [0.05, 0.1) is 73.5 Å². The lowest BCUT2D eigenvalue weighted by molar-refractivity contribution is -0.894. The van der Waals surface area contributed by atoms with Gasteiger partial charge in [-0.1, -0.05) is 19.1 Å². The summed E-state index contributed by atoms with van der Waals surface area (Å²) in [7, 11) is 3.86. The molecule has 2 aliphatic carbocycles. The Morgan fingerprint density at radius 3 is 2.21 bits per heavy atom. The fourth-order valence-electron chi connectivity index (χ4n) is 9.24. The molecule has 5 aliphatic rings. The Morgan fingerprint density at radius 1 is 0.912 bits per heavy atom. The van der Waals surface area contributed by atoms with Crippen LogP contribution in [0.2, 0.25) is 0 Å². The molecule has 5 N–H and O–H groups in total. The van der Waals surface area contributed by atoms with Crippen LogP contribution in [0.4, 0.5) is 0 Å². The molecular formula is C41H51NO15. The van der Waals surface area contributed by atoms with Crippen LogP contribution in [0.1, 0.15) is 121 Å². The van der Waals surface area contributed by atoms with Gasteiger partial charge in [0, 0.05) is 42.4 Å². The molecule has 3 aliphatic heterocycles. The van der Waals surface area contributed by atoms with Gasteiger partial charge in [-0.05, 0) is 44.9 Å². The molecule has 0 spiro atoms. The van der Waals surface area contributed by atoms with E-state index >= 15 is 0 Å². The highest BCUT2D eigenvalue weighted by molar-refractivity contribution is 6.30. The second-order valence-electron chi connectivity index (χ2n) is 16.2. The van der Waals surface area contributed by atoms with Crippen molar-refractivity contribution in [2.45, 2.75) is 145 Å². The number of phenols is 2. The zero-order valence-electron chi connectivity index (χ0n) is 32.8. The van der Waals surface area contributed by atoms with Gasteiger partial charge < -0.3 is 63.6 Å². The second kappa shape index (κ2) is 15.7. The van der Waals surface area contributed by atoms with Crippen LogP contribution in [0.3, 0.4) is 0 Å². The van der Waals surface area contributed by atoms with Crippen molar-refractivity contribution >= 4 is 23.3 Å². The summed E-state index contributed by atoms with van der Waals surface area (Å²) < 4.78 is 37.3. The number of carboxylic acid groups (broad SMARTS) is 1. The number of aliphatic hydroxyl groups is 2. The number of likely N-dealkylation sites (N-methyl/N-ethyl adjacent to an activating group) is 1. The fraction of sp³-hybridized carbons (Fsp3) is 0.610. The Bertz CT molecular complexity index is 1920. The van der Waals surface area contributed by atoms with Crippen LogP contribution in [0.15, 0.2) is 24.3 Å². The van der Waals surface area contributed by atoms with Crippen LogP contribution >= 0.6 is 0 Å². The van der Waals surface area contributed by atoms with Crippen molar-refractivity contribution in [1.82, 2.24) is 0 Å². The summed E-state index contributed by atoms with van der Waals surface area (Å²) in [5.74, 6) is -6.00. The fourth-order valence-corrected chi connectivity index (χ4v) is 9.24. The normalized spacial score (nSPS) is 36.8. The van der Waals surface area contributed by atoms with Gasteiger partial charge in [-0.3, -0.25) is 14.4 Å². The number of rotatable bonds is 9. The van der Waals surface area contributed by atoms with Gasteiger partial charge >= 0.3 is 0 Å². The molecule has 0 radical (unpaired) electrons. The molecule has 310 valence electrons. The number of fused-ring (bicyclic) bond motifs is 3. The molecule has 3 saturated heterocycles. The van der Waals surface area contributed by atoms with E-state index in [4.69, 9.17) is 28.4 Å². The quantitative estimate of drug-likeness (QED) is 0.196. The molecule has 57 heavy (non-hydrogen) atoms. The Labute approximate surface area is 329 Å². The van der Waals surface area contributed by atoms with E-state index < -0.39 is 108 Å². The number of ketones is 3. The average Bonchev–Trinajstić information content (AvgIpc) is 3.13. The molecule has 2 aromatic carbocycles. The molecule has 3 fully saturated rings. The number of hydrogen-bond donors (Lipinski definition) is 5. The van der Waals surface area contributed by atoms with E-state index in [0.29, 0.717) is 12.8 Å². The Kier molecular flexibility index (Phi) is 11.4. The van der Waals surface area contributed by atoms with E-state index in [0.717, 1.165) is 4.90 Å².